The summed E-state index contributed by atoms with van der Waals surface area (Å²) in [7, 11) is -2.26. The van der Waals surface area contributed by atoms with Crippen LogP contribution in [0.2, 0.25) is 0 Å². The molecule has 0 unspecified atom stereocenters. The van der Waals surface area contributed by atoms with E-state index in [1.165, 1.54) is 41.2 Å². The third-order valence-corrected chi connectivity index (χ3v) is 6.89. The third kappa shape index (κ3) is 5.18. The second-order valence-electron chi connectivity index (χ2n) is 6.81. The fourth-order valence-electron chi connectivity index (χ4n) is 2.90. The number of nitrogens with one attached hydrogen (secondary N) is 2. The number of carbonyl (C=O) groups excluding carboxylic acids is 1. The van der Waals surface area contributed by atoms with Crippen LogP contribution in [0.1, 0.15) is 0 Å². The van der Waals surface area contributed by atoms with Crippen LogP contribution in [0.3, 0.4) is 0 Å². The number of aromatic nitrogens is 4. The van der Waals surface area contributed by atoms with E-state index in [0.717, 1.165) is 11.8 Å². The van der Waals surface area contributed by atoms with Crippen molar-refractivity contribution in [1.29, 1.82) is 0 Å². The Hall–Kier alpha value is -3.77. The lowest BCUT2D eigenvalue weighted by Crippen LogP contribution is -2.21. The van der Waals surface area contributed by atoms with Crippen molar-refractivity contribution in [1.82, 2.24) is 19.5 Å². The number of hydrogen-bond donors (Lipinski definition) is 2. The van der Waals surface area contributed by atoms with Gasteiger partial charge in [0, 0.05) is 25.1 Å². The fourth-order valence-corrected chi connectivity index (χ4v) is 4.63. The fraction of sp³-hybridized carbons (Fsp3) is 0.0952. The first-order chi connectivity index (χ1) is 15.8. The lowest BCUT2D eigenvalue weighted by atomic mass is 10.2. The molecule has 0 atom stereocenters. The van der Waals surface area contributed by atoms with Gasteiger partial charge in [-0.05, 0) is 42.5 Å². The van der Waals surface area contributed by atoms with Crippen molar-refractivity contribution >= 4 is 50.2 Å². The van der Waals surface area contributed by atoms with Crippen LogP contribution >= 0.6 is 11.8 Å². The molecule has 0 fully saturated rings. The molecule has 0 saturated carbocycles. The maximum Gasteiger partial charge on any atom is 0.264 e. The summed E-state index contributed by atoms with van der Waals surface area (Å²) in [6, 6.07) is 14.3. The molecule has 33 heavy (non-hydrogen) atoms. The van der Waals surface area contributed by atoms with Crippen LogP contribution in [0.5, 0.6) is 0 Å². The molecule has 0 aliphatic heterocycles. The van der Waals surface area contributed by atoms with Crippen molar-refractivity contribution in [3.63, 3.8) is 0 Å². The SMILES string of the molecule is Cn1c(SCC(=O)Nc2ccc(S(=O)(=O)Nc3ncccn3)cc2)nc2ccccc2c1=O. The van der Waals surface area contributed by atoms with Crippen molar-refractivity contribution < 1.29 is 13.2 Å². The Morgan fingerprint density at radius 1 is 1.03 bits per heavy atom. The van der Waals surface area contributed by atoms with Gasteiger partial charge in [0.25, 0.3) is 15.6 Å². The van der Waals surface area contributed by atoms with E-state index in [9.17, 15) is 18.0 Å². The zero-order valence-corrected chi connectivity index (χ0v) is 18.9. The number of fused-ring (bicyclic) bond motifs is 1. The normalized spacial score (nSPS) is 11.3. The molecule has 2 N–H and O–H groups in total. The molecule has 0 aliphatic carbocycles. The van der Waals surface area contributed by atoms with Crippen LogP contribution in [0.15, 0.2) is 81.8 Å². The molecule has 2 aromatic carbocycles. The van der Waals surface area contributed by atoms with Crippen molar-refractivity contribution in [2.75, 3.05) is 15.8 Å². The first-order valence-electron chi connectivity index (χ1n) is 9.62. The highest BCUT2D eigenvalue weighted by atomic mass is 32.2. The van der Waals surface area contributed by atoms with E-state index < -0.39 is 10.0 Å². The Morgan fingerprint density at radius 2 is 1.73 bits per heavy atom. The molecule has 168 valence electrons. The minimum Gasteiger partial charge on any atom is -0.325 e. The maximum absolute atomic E-state index is 12.5. The molecule has 4 aromatic rings. The maximum atomic E-state index is 12.5. The Kier molecular flexibility index (Phi) is 6.38. The van der Waals surface area contributed by atoms with Gasteiger partial charge in [-0.3, -0.25) is 14.2 Å². The number of sulfonamides is 1. The lowest BCUT2D eigenvalue weighted by Gasteiger charge is -2.10. The standard InChI is InChI=1S/C21H18N6O4S2/c1-27-19(29)16-5-2-3-6-17(16)25-21(27)32-13-18(28)24-14-7-9-15(10-8-14)33(30,31)26-20-22-11-4-12-23-20/h2-12H,13H2,1H3,(H,24,28)(H,22,23,26). The summed E-state index contributed by atoms with van der Waals surface area (Å²) in [5.74, 6) is -0.344. The van der Waals surface area contributed by atoms with Gasteiger partial charge in [-0.1, -0.05) is 23.9 Å². The van der Waals surface area contributed by atoms with Gasteiger partial charge in [-0.15, -0.1) is 0 Å². The van der Waals surface area contributed by atoms with Crippen LogP contribution < -0.4 is 15.6 Å². The molecule has 0 aliphatic rings. The third-order valence-electron chi connectivity index (χ3n) is 4.51. The van der Waals surface area contributed by atoms with Crippen molar-refractivity contribution in [3.05, 3.63) is 77.3 Å². The first kappa shape index (κ1) is 22.4. The monoisotopic (exact) mass is 482 g/mol. The number of anilines is 2. The Balaban J connectivity index is 1.40. The van der Waals surface area contributed by atoms with Crippen LogP contribution in [0.4, 0.5) is 11.6 Å². The minimum absolute atomic E-state index is 0.00214. The molecule has 1 amide bonds. The van der Waals surface area contributed by atoms with Crippen LogP contribution in [-0.2, 0) is 21.9 Å². The molecular formula is C21H18N6O4S2. The number of para-hydroxylation sites is 1. The van der Waals surface area contributed by atoms with Gasteiger partial charge in [-0.25, -0.2) is 28.1 Å². The lowest BCUT2D eigenvalue weighted by molar-refractivity contribution is -0.113. The highest BCUT2D eigenvalue weighted by molar-refractivity contribution is 7.99. The number of hydrogen-bond acceptors (Lipinski definition) is 8. The van der Waals surface area contributed by atoms with Crippen LogP contribution in [0, 0.1) is 0 Å². The first-order valence-corrected chi connectivity index (χ1v) is 12.1. The number of carbonyl (C=O) groups is 1. The van der Waals surface area contributed by atoms with Crippen LogP contribution in [-0.4, -0.2) is 39.6 Å². The largest absolute Gasteiger partial charge is 0.325 e. The summed E-state index contributed by atoms with van der Waals surface area (Å²) in [5, 5.41) is 3.63. The van der Waals surface area contributed by atoms with Crippen LogP contribution in [0.25, 0.3) is 10.9 Å². The summed E-state index contributed by atoms with van der Waals surface area (Å²) < 4.78 is 28.5. The van der Waals surface area contributed by atoms with Gasteiger partial charge < -0.3 is 5.32 Å². The summed E-state index contributed by atoms with van der Waals surface area (Å²) in [6.07, 6.45) is 2.85. The zero-order chi connectivity index (χ0) is 23.4. The quantitative estimate of drug-likeness (QED) is 0.302. The van der Waals surface area contributed by atoms with Gasteiger partial charge >= 0.3 is 0 Å². The van der Waals surface area contributed by atoms with E-state index in [4.69, 9.17) is 0 Å². The Bertz CT molecular complexity index is 1470. The number of amides is 1. The molecule has 0 radical (unpaired) electrons. The number of rotatable bonds is 7. The number of thioether (sulfide) groups is 1. The predicted molar refractivity (Wildman–Crippen MR) is 126 cm³/mol. The molecule has 0 bridgehead atoms. The smallest absolute Gasteiger partial charge is 0.264 e. The molecule has 12 heteroatoms. The number of nitrogens with zero attached hydrogens (tertiary/aromatic N) is 4. The Morgan fingerprint density at radius 3 is 2.45 bits per heavy atom. The van der Waals surface area contributed by atoms with E-state index in [0.29, 0.717) is 21.7 Å². The molecule has 10 nitrogen and oxygen atoms in total. The summed E-state index contributed by atoms with van der Waals surface area (Å²) in [4.78, 5) is 36.9. The summed E-state index contributed by atoms with van der Waals surface area (Å²) in [6.45, 7) is 0. The zero-order valence-electron chi connectivity index (χ0n) is 17.3. The van der Waals surface area contributed by atoms with Crippen molar-refractivity contribution in [3.8, 4) is 0 Å². The molecule has 2 aromatic heterocycles. The molecule has 4 rings (SSSR count). The van der Waals surface area contributed by atoms with Gasteiger partial charge in [0.15, 0.2) is 5.16 Å². The predicted octanol–water partition coefficient (Wildman–Crippen LogP) is 2.26. The van der Waals surface area contributed by atoms with Gasteiger partial charge in [-0.2, -0.15) is 0 Å². The highest BCUT2D eigenvalue weighted by Gasteiger charge is 2.16. The van der Waals surface area contributed by atoms with Gasteiger partial charge in [0.1, 0.15) is 0 Å². The van der Waals surface area contributed by atoms with E-state index >= 15 is 0 Å². The molecule has 2 heterocycles. The summed E-state index contributed by atoms with van der Waals surface area (Å²) in [5.41, 5.74) is 0.806. The van der Waals surface area contributed by atoms with Crippen molar-refractivity contribution in [2.24, 2.45) is 7.05 Å². The highest BCUT2D eigenvalue weighted by Crippen LogP contribution is 2.19. The van der Waals surface area contributed by atoms with E-state index in [1.54, 1.807) is 37.4 Å². The van der Waals surface area contributed by atoms with E-state index in [-0.39, 0.29) is 28.1 Å². The molecule has 0 spiro atoms. The average Bonchev–Trinajstić information content (AvgIpc) is 2.81. The second-order valence-corrected chi connectivity index (χ2v) is 9.44. The topological polar surface area (TPSA) is 136 Å². The van der Waals surface area contributed by atoms with E-state index in [1.807, 2.05) is 0 Å². The average molecular weight is 483 g/mol. The molecule has 0 saturated heterocycles. The minimum atomic E-state index is -3.86. The van der Waals surface area contributed by atoms with Gasteiger partial charge in [0.05, 0.1) is 21.6 Å². The summed E-state index contributed by atoms with van der Waals surface area (Å²) >= 11 is 1.13. The second kappa shape index (κ2) is 9.38. The number of benzene rings is 2. The van der Waals surface area contributed by atoms with E-state index in [2.05, 4.69) is 25.0 Å². The Labute approximate surface area is 193 Å². The molecular weight excluding hydrogens is 464 g/mol. The van der Waals surface area contributed by atoms with Gasteiger partial charge in [0.2, 0.25) is 11.9 Å². The van der Waals surface area contributed by atoms with Crippen molar-refractivity contribution in [2.45, 2.75) is 10.1 Å².